The molecule has 1 aromatic carbocycles. The number of hydrogen-bond acceptors (Lipinski definition) is 4. The smallest absolute Gasteiger partial charge is 0.376 e. The highest BCUT2D eigenvalue weighted by Gasteiger charge is 2.39. The molecule has 0 saturated heterocycles. The van der Waals surface area contributed by atoms with Gasteiger partial charge in [0.1, 0.15) is 5.82 Å². The van der Waals surface area contributed by atoms with Gasteiger partial charge < -0.3 is 17.8 Å². The first-order valence-corrected chi connectivity index (χ1v) is 8.22. The van der Waals surface area contributed by atoms with E-state index in [1.807, 2.05) is 18.2 Å². The van der Waals surface area contributed by atoms with Gasteiger partial charge in [0.2, 0.25) is 0 Å². The normalized spacial score (nSPS) is 12.2. The highest BCUT2D eigenvalue weighted by Crippen LogP contribution is 2.20. The van der Waals surface area contributed by atoms with Gasteiger partial charge in [-0.1, -0.05) is 19.1 Å². The van der Waals surface area contributed by atoms with Crippen LogP contribution in [0.15, 0.2) is 24.3 Å². The fraction of sp³-hybridized carbons (Fsp3) is 0.462. The molecule has 0 spiro atoms. The number of fused-ring (bicyclic) bond motifs is 1. The molecule has 0 aliphatic carbocycles. The van der Waals surface area contributed by atoms with Gasteiger partial charge in [-0.3, -0.25) is 0 Å². The van der Waals surface area contributed by atoms with E-state index in [1.165, 1.54) is 0 Å². The summed E-state index contributed by atoms with van der Waals surface area (Å²) in [6, 6.07) is 8.07. The van der Waals surface area contributed by atoms with E-state index in [1.54, 1.807) is 21.3 Å². The van der Waals surface area contributed by atoms with Crippen molar-refractivity contribution < 1.29 is 13.3 Å². The van der Waals surface area contributed by atoms with Crippen LogP contribution in [-0.4, -0.2) is 39.7 Å². The Labute approximate surface area is 114 Å². The molecular weight excluding hydrogens is 260 g/mol. The Morgan fingerprint density at radius 1 is 1.11 bits per heavy atom. The zero-order valence-corrected chi connectivity index (χ0v) is 12.8. The van der Waals surface area contributed by atoms with Crippen molar-refractivity contribution in [2.75, 3.05) is 21.3 Å². The highest BCUT2D eigenvalue weighted by atomic mass is 28.4. The molecule has 6 heteroatoms. The summed E-state index contributed by atoms with van der Waals surface area (Å²) in [5, 5.41) is 0. The molecule has 0 radical (unpaired) electrons. The van der Waals surface area contributed by atoms with Gasteiger partial charge in [-0.05, 0) is 12.1 Å². The fourth-order valence-electron chi connectivity index (χ4n) is 2.21. The maximum Gasteiger partial charge on any atom is 0.521 e. The summed E-state index contributed by atoms with van der Waals surface area (Å²) >= 11 is 0. The van der Waals surface area contributed by atoms with Crippen molar-refractivity contribution in [3.05, 3.63) is 30.1 Å². The number of imidazole rings is 1. The number of benzene rings is 1. The predicted octanol–water partition coefficient (Wildman–Crippen LogP) is 2.02. The number of nitrogens with zero attached hydrogens (tertiary/aromatic N) is 2. The summed E-state index contributed by atoms with van der Waals surface area (Å²) in [6.45, 7) is 2.09. The minimum atomic E-state index is -2.66. The first-order valence-electron chi connectivity index (χ1n) is 6.29. The van der Waals surface area contributed by atoms with E-state index in [4.69, 9.17) is 13.3 Å². The Morgan fingerprint density at radius 3 is 2.32 bits per heavy atom. The number of aromatic nitrogens is 2. The Morgan fingerprint density at radius 2 is 1.74 bits per heavy atom. The number of hydrogen-bond donors (Lipinski definition) is 0. The van der Waals surface area contributed by atoms with Crippen LogP contribution < -0.4 is 0 Å². The average molecular weight is 280 g/mol. The zero-order valence-electron chi connectivity index (χ0n) is 11.8. The summed E-state index contributed by atoms with van der Waals surface area (Å²) in [5.74, 6) is 1.02. The minimum Gasteiger partial charge on any atom is -0.376 e. The minimum absolute atomic E-state index is 0.570. The van der Waals surface area contributed by atoms with Crippen LogP contribution in [0.5, 0.6) is 0 Å². The van der Waals surface area contributed by atoms with Crippen LogP contribution in [0.25, 0.3) is 11.0 Å². The van der Waals surface area contributed by atoms with E-state index >= 15 is 0 Å². The lowest BCUT2D eigenvalue weighted by molar-refractivity contribution is 0.116. The summed E-state index contributed by atoms with van der Waals surface area (Å²) in [4.78, 5) is 4.64. The van der Waals surface area contributed by atoms with E-state index < -0.39 is 8.80 Å². The van der Waals surface area contributed by atoms with Crippen LogP contribution in [0.4, 0.5) is 0 Å². The number of aryl methyl sites for hydroxylation is 1. The average Bonchev–Trinajstić information content (AvgIpc) is 2.82. The standard InChI is InChI=1S/C13H20N2O3Si/c1-5-13-14-11-8-6-7-9-12(11)15(13)10-19(16-2,17-3)18-4/h6-9H,5,10H2,1-4H3. The first kappa shape index (κ1) is 14.2. The van der Waals surface area contributed by atoms with Crippen molar-refractivity contribution in [3.63, 3.8) is 0 Å². The second-order valence-electron chi connectivity index (χ2n) is 4.25. The second kappa shape index (κ2) is 5.83. The van der Waals surface area contributed by atoms with E-state index in [2.05, 4.69) is 22.5 Å². The van der Waals surface area contributed by atoms with E-state index in [0.29, 0.717) is 6.17 Å². The van der Waals surface area contributed by atoms with Gasteiger partial charge in [-0.2, -0.15) is 0 Å². The Kier molecular flexibility index (Phi) is 4.36. The molecule has 1 aromatic heterocycles. The molecule has 0 fully saturated rings. The lowest BCUT2D eigenvalue weighted by atomic mass is 10.3. The molecule has 0 N–H and O–H groups in total. The third-order valence-corrected chi connectivity index (χ3v) is 5.90. The van der Waals surface area contributed by atoms with Crippen LogP contribution in [0.2, 0.25) is 0 Å². The van der Waals surface area contributed by atoms with Gasteiger partial charge in [-0.25, -0.2) is 4.98 Å². The first-order chi connectivity index (χ1) is 9.19. The summed E-state index contributed by atoms with van der Waals surface area (Å²) < 4.78 is 18.6. The van der Waals surface area contributed by atoms with Gasteiger partial charge in [0.25, 0.3) is 0 Å². The SMILES string of the molecule is CCc1nc2ccccc2n1C[Si](OC)(OC)OC. The molecular formula is C13H20N2O3Si. The third kappa shape index (κ3) is 2.57. The fourth-order valence-corrected chi connectivity index (χ4v) is 3.84. The summed E-state index contributed by atoms with van der Waals surface area (Å²) in [6.07, 6.45) is 1.43. The molecule has 0 aliphatic heterocycles. The molecule has 0 saturated carbocycles. The number of para-hydroxylation sites is 2. The van der Waals surface area contributed by atoms with Crippen LogP contribution in [0.1, 0.15) is 12.7 Å². The Hall–Kier alpha value is -1.21. The van der Waals surface area contributed by atoms with Crippen molar-refractivity contribution >= 4 is 19.8 Å². The molecule has 19 heavy (non-hydrogen) atoms. The van der Waals surface area contributed by atoms with Crippen molar-refractivity contribution in [1.82, 2.24) is 9.55 Å². The lowest BCUT2D eigenvalue weighted by Gasteiger charge is -2.25. The van der Waals surface area contributed by atoms with Gasteiger partial charge >= 0.3 is 8.80 Å². The molecule has 2 rings (SSSR count). The van der Waals surface area contributed by atoms with Crippen molar-refractivity contribution in [3.8, 4) is 0 Å². The topological polar surface area (TPSA) is 45.5 Å². The molecule has 5 nitrogen and oxygen atoms in total. The van der Waals surface area contributed by atoms with Crippen molar-refractivity contribution in [1.29, 1.82) is 0 Å². The molecule has 0 amide bonds. The lowest BCUT2D eigenvalue weighted by Crippen LogP contribution is -2.47. The highest BCUT2D eigenvalue weighted by molar-refractivity contribution is 6.59. The van der Waals surface area contributed by atoms with Crippen molar-refractivity contribution in [2.45, 2.75) is 19.5 Å². The Bertz CT molecular complexity index is 544. The second-order valence-corrected chi connectivity index (χ2v) is 7.16. The molecule has 0 atom stereocenters. The molecule has 1 heterocycles. The maximum absolute atomic E-state index is 5.50. The van der Waals surface area contributed by atoms with Gasteiger partial charge in [-0.15, -0.1) is 0 Å². The monoisotopic (exact) mass is 280 g/mol. The molecule has 2 aromatic rings. The zero-order chi connectivity index (χ0) is 13.9. The summed E-state index contributed by atoms with van der Waals surface area (Å²) in [7, 11) is 2.22. The molecule has 0 bridgehead atoms. The van der Waals surface area contributed by atoms with Crippen LogP contribution in [0.3, 0.4) is 0 Å². The Balaban J connectivity index is 2.48. The molecule has 0 aliphatic rings. The van der Waals surface area contributed by atoms with E-state index in [9.17, 15) is 0 Å². The largest absolute Gasteiger partial charge is 0.521 e. The van der Waals surface area contributed by atoms with Crippen LogP contribution >= 0.6 is 0 Å². The van der Waals surface area contributed by atoms with Crippen LogP contribution in [-0.2, 0) is 25.9 Å². The molecule has 0 unspecified atom stereocenters. The summed E-state index contributed by atoms with van der Waals surface area (Å²) in [5.41, 5.74) is 2.08. The van der Waals surface area contributed by atoms with Crippen molar-refractivity contribution in [2.24, 2.45) is 0 Å². The van der Waals surface area contributed by atoms with Gasteiger partial charge in [0.15, 0.2) is 0 Å². The third-order valence-electron chi connectivity index (χ3n) is 3.33. The van der Waals surface area contributed by atoms with Gasteiger partial charge in [0.05, 0.1) is 17.2 Å². The quantitative estimate of drug-likeness (QED) is 0.759. The van der Waals surface area contributed by atoms with Crippen LogP contribution in [0, 0.1) is 0 Å². The maximum atomic E-state index is 5.50. The number of rotatable bonds is 6. The molecule has 104 valence electrons. The van der Waals surface area contributed by atoms with E-state index in [-0.39, 0.29) is 0 Å². The van der Waals surface area contributed by atoms with E-state index in [0.717, 1.165) is 23.3 Å². The predicted molar refractivity (Wildman–Crippen MR) is 75.9 cm³/mol. The van der Waals surface area contributed by atoms with Gasteiger partial charge in [0, 0.05) is 27.8 Å².